The number of carbonyl (C=O) groups is 2. The van der Waals surface area contributed by atoms with Gasteiger partial charge in [-0.1, -0.05) is 41.9 Å². The molecule has 198 valence electrons. The number of benzene rings is 3. The quantitative estimate of drug-likeness (QED) is 0.453. The zero-order chi connectivity index (χ0) is 26.6. The molecule has 38 heavy (non-hydrogen) atoms. The molecule has 3 aromatic carbocycles. The number of phenolic OH excluding ortho intramolecular Hbond substituents is 1. The number of halogens is 1. The first-order valence-corrected chi connectivity index (χ1v) is 13.5. The highest BCUT2D eigenvalue weighted by molar-refractivity contribution is 6.33. The molecule has 2 saturated heterocycles. The SMILES string of the molecule is Cc1cc(NC(=O)C2CCN(CC(=O)N3CCN(c4cccc(-c5ccccc5Cl)c4)CC3)C2)ccc1O. The molecule has 0 saturated carbocycles. The van der Waals surface area contributed by atoms with E-state index < -0.39 is 0 Å². The highest BCUT2D eigenvalue weighted by Crippen LogP contribution is 2.30. The summed E-state index contributed by atoms with van der Waals surface area (Å²) in [6.45, 7) is 6.33. The maximum absolute atomic E-state index is 13.0. The first-order valence-electron chi connectivity index (χ1n) is 13.1. The first-order chi connectivity index (χ1) is 18.4. The van der Waals surface area contributed by atoms with Crippen molar-refractivity contribution in [3.05, 3.63) is 77.3 Å². The molecule has 0 aliphatic carbocycles. The average molecular weight is 533 g/mol. The number of carbonyl (C=O) groups excluding carboxylic acids is 2. The van der Waals surface area contributed by atoms with Crippen LogP contribution in [0.3, 0.4) is 0 Å². The van der Waals surface area contributed by atoms with E-state index in [4.69, 9.17) is 11.6 Å². The summed E-state index contributed by atoms with van der Waals surface area (Å²) in [6.07, 6.45) is 0.728. The van der Waals surface area contributed by atoms with Gasteiger partial charge >= 0.3 is 0 Å². The Morgan fingerprint density at radius 3 is 2.53 bits per heavy atom. The minimum Gasteiger partial charge on any atom is -0.508 e. The molecule has 7 nitrogen and oxygen atoms in total. The summed E-state index contributed by atoms with van der Waals surface area (Å²) in [5.74, 6) is 0.126. The van der Waals surface area contributed by atoms with Gasteiger partial charge in [-0.05, 0) is 67.4 Å². The molecule has 2 N–H and O–H groups in total. The fourth-order valence-corrected chi connectivity index (χ4v) is 5.48. The van der Waals surface area contributed by atoms with E-state index in [1.165, 1.54) is 0 Å². The van der Waals surface area contributed by atoms with Crippen LogP contribution in [0.4, 0.5) is 11.4 Å². The van der Waals surface area contributed by atoms with Crippen LogP contribution < -0.4 is 10.2 Å². The summed E-state index contributed by atoms with van der Waals surface area (Å²) >= 11 is 6.40. The number of aryl methyl sites for hydroxylation is 1. The Morgan fingerprint density at radius 1 is 0.974 bits per heavy atom. The molecule has 2 aliphatic rings. The molecule has 2 fully saturated rings. The van der Waals surface area contributed by atoms with Gasteiger partial charge in [0, 0.05) is 54.7 Å². The number of amides is 2. The van der Waals surface area contributed by atoms with Crippen LogP contribution in [-0.4, -0.2) is 72.5 Å². The van der Waals surface area contributed by atoms with Gasteiger partial charge in [0.25, 0.3) is 0 Å². The fraction of sp³-hybridized carbons (Fsp3) is 0.333. The lowest BCUT2D eigenvalue weighted by molar-refractivity contribution is -0.132. The number of aromatic hydroxyl groups is 1. The van der Waals surface area contributed by atoms with E-state index in [1.807, 2.05) is 35.2 Å². The van der Waals surface area contributed by atoms with Crippen LogP contribution in [0.15, 0.2) is 66.7 Å². The summed E-state index contributed by atoms with van der Waals surface area (Å²) in [4.78, 5) is 32.1. The third-order valence-electron chi connectivity index (χ3n) is 7.49. The summed E-state index contributed by atoms with van der Waals surface area (Å²) in [6, 6.07) is 21.3. The maximum atomic E-state index is 13.0. The van der Waals surface area contributed by atoms with E-state index in [1.54, 1.807) is 25.1 Å². The second-order valence-corrected chi connectivity index (χ2v) is 10.5. The molecule has 0 radical (unpaired) electrons. The number of hydrogen-bond acceptors (Lipinski definition) is 5. The normalized spacial score (nSPS) is 18.0. The van der Waals surface area contributed by atoms with Crippen molar-refractivity contribution < 1.29 is 14.7 Å². The van der Waals surface area contributed by atoms with E-state index in [0.717, 1.165) is 53.5 Å². The predicted molar refractivity (Wildman–Crippen MR) is 152 cm³/mol. The molecular weight excluding hydrogens is 500 g/mol. The van der Waals surface area contributed by atoms with Gasteiger partial charge in [0.05, 0.1) is 12.5 Å². The van der Waals surface area contributed by atoms with Crippen molar-refractivity contribution in [1.29, 1.82) is 0 Å². The molecule has 8 heteroatoms. The van der Waals surface area contributed by atoms with E-state index in [2.05, 4.69) is 33.3 Å². The minimum absolute atomic E-state index is 0.0438. The van der Waals surface area contributed by atoms with Crippen LogP contribution in [0.5, 0.6) is 5.75 Å². The van der Waals surface area contributed by atoms with E-state index in [-0.39, 0.29) is 23.5 Å². The van der Waals surface area contributed by atoms with Crippen molar-refractivity contribution in [2.24, 2.45) is 5.92 Å². The summed E-state index contributed by atoms with van der Waals surface area (Å²) in [5, 5.41) is 13.4. The lowest BCUT2D eigenvalue weighted by Crippen LogP contribution is -2.51. The number of phenols is 1. The summed E-state index contributed by atoms with van der Waals surface area (Å²) < 4.78 is 0. The Morgan fingerprint density at radius 2 is 1.76 bits per heavy atom. The van der Waals surface area contributed by atoms with Gasteiger partial charge in [-0.3, -0.25) is 14.5 Å². The monoisotopic (exact) mass is 532 g/mol. The molecule has 1 unspecified atom stereocenters. The third kappa shape index (κ3) is 5.95. The van der Waals surface area contributed by atoms with Gasteiger partial charge < -0.3 is 20.2 Å². The highest BCUT2D eigenvalue weighted by atomic mass is 35.5. The molecular formula is C30H33ClN4O3. The van der Waals surface area contributed by atoms with Gasteiger partial charge in [0.2, 0.25) is 11.8 Å². The zero-order valence-electron chi connectivity index (χ0n) is 21.6. The van der Waals surface area contributed by atoms with Crippen molar-refractivity contribution in [3.8, 4) is 16.9 Å². The lowest BCUT2D eigenvalue weighted by Gasteiger charge is -2.37. The number of nitrogens with one attached hydrogen (secondary N) is 1. The first kappa shape index (κ1) is 26.1. The fourth-order valence-electron chi connectivity index (χ4n) is 5.24. The lowest BCUT2D eigenvalue weighted by atomic mass is 10.0. The van der Waals surface area contributed by atoms with E-state index >= 15 is 0 Å². The molecule has 2 amide bonds. The summed E-state index contributed by atoms with van der Waals surface area (Å²) in [5.41, 5.74) is 4.62. The number of rotatable bonds is 6. The Balaban J connectivity index is 1.10. The van der Waals surface area contributed by atoms with Crippen molar-refractivity contribution >= 4 is 34.8 Å². The predicted octanol–water partition coefficient (Wildman–Crippen LogP) is 4.63. The van der Waals surface area contributed by atoms with Crippen LogP contribution in [0.2, 0.25) is 5.02 Å². The number of likely N-dealkylation sites (tertiary alicyclic amines) is 1. The van der Waals surface area contributed by atoms with Crippen molar-refractivity contribution in [3.63, 3.8) is 0 Å². The van der Waals surface area contributed by atoms with Crippen molar-refractivity contribution in [1.82, 2.24) is 9.80 Å². The van der Waals surface area contributed by atoms with Gasteiger partial charge in [0.15, 0.2) is 0 Å². The smallest absolute Gasteiger partial charge is 0.236 e. The Hall–Kier alpha value is -3.55. The maximum Gasteiger partial charge on any atom is 0.236 e. The molecule has 3 aromatic rings. The zero-order valence-corrected chi connectivity index (χ0v) is 22.3. The Kier molecular flexibility index (Phi) is 7.86. The largest absolute Gasteiger partial charge is 0.508 e. The molecule has 2 heterocycles. The molecule has 2 aliphatic heterocycles. The van der Waals surface area contributed by atoms with Gasteiger partial charge in [-0.15, -0.1) is 0 Å². The number of hydrogen-bond donors (Lipinski definition) is 2. The average Bonchev–Trinajstić information content (AvgIpc) is 3.40. The van der Waals surface area contributed by atoms with Crippen LogP contribution >= 0.6 is 11.6 Å². The third-order valence-corrected chi connectivity index (χ3v) is 7.82. The number of nitrogens with zero attached hydrogens (tertiary/aromatic N) is 3. The van der Waals surface area contributed by atoms with Gasteiger partial charge in [-0.2, -0.15) is 0 Å². The van der Waals surface area contributed by atoms with Crippen LogP contribution in [-0.2, 0) is 9.59 Å². The molecule has 0 aromatic heterocycles. The minimum atomic E-state index is -0.154. The standard InChI is InChI=1S/C30H33ClN4O3/c1-21-17-24(9-10-28(21)36)32-30(38)23-11-12-33(19-23)20-29(37)35-15-13-34(14-16-35)25-6-4-5-22(18-25)26-7-2-3-8-27(26)31/h2-10,17-18,23,36H,11-16,19-20H2,1H3,(H,32,38). The number of piperazine rings is 1. The second-order valence-electron chi connectivity index (χ2n) is 10.1. The van der Waals surface area contributed by atoms with Crippen LogP contribution in [0, 0.1) is 12.8 Å². The van der Waals surface area contributed by atoms with E-state index in [9.17, 15) is 14.7 Å². The highest BCUT2D eigenvalue weighted by Gasteiger charge is 2.31. The van der Waals surface area contributed by atoms with Crippen molar-refractivity contribution in [2.45, 2.75) is 13.3 Å². The summed E-state index contributed by atoms with van der Waals surface area (Å²) in [7, 11) is 0. The van der Waals surface area contributed by atoms with Crippen LogP contribution in [0.25, 0.3) is 11.1 Å². The van der Waals surface area contributed by atoms with Gasteiger partial charge in [0.1, 0.15) is 5.75 Å². The Bertz CT molecular complexity index is 1320. The second kappa shape index (κ2) is 11.5. The van der Waals surface area contributed by atoms with Crippen molar-refractivity contribution in [2.75, 3.05) is 56.0 Å². The van der Waals surface area contributed by atoms with E-state index in [0.29, 0.717) is 31.9 Å². The number of anilines is 2. The van der Waals surface area contributed by atoms with Gasteiger partial charge in [-0.25, -0.2) is 0 Å². The van der Waals surface area contributed by atoms with Crippen LogP contribution in [0.1, 0.15) is 12.0 Å². The molecule has 5 rings (SSSR count). The Labute approximate surface area is 228 Å². The molecule has 1 atom stereocenters. The molecule has 0 bridgehead atoms. The molecule has 0 spiro atoms. The topological polar surface area (TPSA) is 76.1 Å².